The van der Waals surface area contributed by atoms with Crippen molar-refractivity contribution in [2.24, 2.45) is 0 Å². The summed E-state index contributed by atoms with van der Waals surface area (Å²) in [4.78, 5) is 25.1. The summed E-state index contributed by atoms with van der Waals surface area (Å²) < 4.78 is 0. The van der Waals surface area contributed by atoms with E-state index in [2.05, 4.69) is 20.3 Å². The largest absolute Gasteiger partial charge is 0.346 e. The normalized spacial score (nSPS) is 10.4. The van der Waals surface area contributed by atoms with Crippen molar-refractivity contribution in [3.63, 3.8) is 0 Å². The molecule has 3 aromatic rings. The van der Waals surface area contributed by atoms with Crippen LogP contribution in [-0.4, -0.2) is 20.9 Å². The monoisotopic (exact) mass is 318 g/mol. The average Bonchev–Trinajstić information content (AvgIpc) is 2.62. The van der Waals surface area contributed by atoms with E-state index in [0.717, 1.165) is 28.2 Å². The van der Waals surface area contributed by atoms with Gasteiger partial charge in [0.2, 0.25) is 0 Å². The van der Waals surface area contributed by atoms with Gasteiger partial charge in [-0.25, -0.2) is 0 Å². The highest BCUT2D eigenvalue weighted by molar-refractivity contribution is 5.95. The first-order valence-electron chi connectivity index (χ1n) is 7.70. The first-order valence-corrected chi connectivity index (χ1v) is 7.70. The van der Waals surface area contributed by atoms with E-state index in [4.69, 9.17) is 0 Å². The van der Waals surface area contributed by atoms with Gasteiger partial charge in [-0.05, 0) is 37.6 Å². The highest BCUT2D eigenvalue weighted by Crippen LogP contribution is 2.18. The van der Waals surface area contributed by atoms with Crippen molar-refractivity contribution in [3.8, 4) is 11.3 Å². The molecule has 5 heteroatoms. The Morgan fingerprint density at radius 3 is 2.58 bits per heavy atom. The topological polar surface area (TPSA) is 67.8 Å². The van der Waals surface area contributed by atoms with Crippen molar-refractivity contribution in [1.82, 2.24) is 20.3 Å². The molecule has 1 aromatic carbocycles. The maximum Gasteiger partial charge on any atom is 0.251 e. The van der Waals surface area contributed by atoms with Crippen LogP contribution >= 0.6 is 0 Å². The molecule has 1 amide bonds. The van der Waals surface area contributed by atoms with Crippen molar-refractivity contribution in [2.75, 3.05) is 0 Å². The van der Waals surface area contributed by atoms with Crippen LogP contribution < -0.4 is 5.32 Å². The number of carbonyl (C=O) groups is 1. The SMILES string of the molecule is Cc1ccc(-c2cccc(C(=O)NCc3cnc(C)cn3)c2)nc1. The number of amides is 1. The van der Waals surface area contributed by atoms with Gasteiger partial charge in [0.05, 0.1) is 29.8 Å². The van der Waals surface area contributed by atoms with Crippen molar-refractivity contribution in [2.45, 2.75) is 20.4 Å². The van der Waals surface area contributed by atoms with E-state index in [-0.39, 0.29) is 5.91 Å². The Labute approximate surface area is 140 Å². The summed E-state index contributed by atoms with van der Waals surface area (Å²) in [5.41, 5.74) is 5.04. The molecule has 0 aliphatic rings. The van der Waals surface area contributed by atoms with E-state index in [9.17, 15) is 4.79 Å². The molecule has 0 radical (unpaired) electrons. The molecule has 0 fully saturated rings. The highest BCUT2D eigenvalue weighted by atomic mass is 16.1. The van der Waals surface area contributed by atoms with Crippen LogP contribution in [0.15, 0.2) is 55.0 Å². The lowest BCUT2D eigenvalue weighted by Crippen LogP contribution is -2.23. The Balaban J connectivity index is 1.72. The standard InChI is InChI=1S/C19H18N4O/c1-13-6-7-18(22-9-13)15-4-3-5-16(8-15)19(24)23-12-17-11-20-14(2)10-21-17/h3-11H,12H2,1-2H3,(H,23,24). The van der Waals surface area contributed by atoms with Gasteiger partial charge in [0.25, 0.3) is 5.91 Å². The number of nitrogens with zero attached hydrogens (tertiary/aromatic N) is 3. The number of carbonyl (C=O) groups excluding carboxylic acids is 1. The summed E-state index contributed by atoms with van der Waals surface area (Å²) in [7, 11) is 0. The Bertz CT molecular complexity index is 842. The minimum Gasteiger partial charge on any atom is -0.346 e. The maximum atomic E-state index is 12.3. The summed E-state index contributed by atoms with van der Waals surface area (Å²) in [6.07, 6.45) is 5.17. The fourth-order valence-electron chi connectivity index (χ4n) is 2.24. The summed E-state index contributed by atoms with van der Waals surface area (Å²) >= 11 is 0. The number of hydrogen-bond donors (Lipinski definition) is 1. The summed E-state index contributed by atoms with van der Waals surface area (Å²) in [5, 5.41) is 2.86. The van der Waals surface area contributed by atoms with Crippen LogP contribution in [0, 0.1) is 13.8 Å². The molecular weight excluding hydrogens is 300 g/mol. The van der Waals surface area contributed by atoms with Crippen LogP contribution in [0.4, 0.5) is 0 Å². The second-order valence-corrected chi connectivity index (χ2v) is 5.63. The van der Waals surface area contributed by atoms with E-state index in [0.29, 0.717) is 12.1 Å². The summed E-state index contributed by atoms with van der Waals surface area (Å²) in [6, 6.07) is 11.4. The van der Waals surface area contributed by atoms with Gasteiger partial charge < -0.3 is 5.32 Å². The van der Waals surface area contributed by atoms with Crippen LogP contribution in [0.3, 0.4) is 0 Å². The molecule has 0 spiro atoms. The van der Waals surface area contributed by atoms with E-state index in [1.54, 1.807) is 18.5 Å². The van der Waals surface area contributed by atoms with Crippen molar-refractivity contribution in [3.05, 3.63) is 77.5 Å². The summed E-state index contributed by atoms with van der Waals surface area (Å²) in [6.45, 7) is 4.22. The highest BCUT2D eigenvalue weighted by Gasteiger charge is 2.08. The summed E-state index contributed by atoms with van der Waals surface area (Å²) in [5.74, 6) is -0.147. The van der Waals surface area contributed by atoms with Gasteiger partial charge in [-0.1, -0.05) is 18.2 Å². The number of nitrogens with one attached hydrogen (secondary N) is 1. The van der Waals surface area contributed by atoms with Gasteiger partial charge in [0, 0.05) is 23.5 Å². The van der Waals surface area contributed by atoms with Gasteiger partial charge in [0.1, 0.15) is 0 Å². The number of benzene rings is 1. The molecular formula is C19H18N4O. The minimum atomic E-state index is -0.147. The van der Waals surface area contributed by atoms with Crippen LogP contribution in [0.25, 0.3) is 11.3 Å². The number of pyridine rings is 1. The van der Waals surface area contributed by atoms with E-state index in [1.165, 1.54) is 0 Å². The van der Waals surface area contributed by atoms with Gasteiger partial charge in [-0.15, -0.1) is 0 Å². The van der Waals surface area contributed by atoms with Gasteiger partial charge in [0.15, 0.2) is 0 Å². The Hall–Kier alpha value is -3.08. The second-order valence-electron chi connectivity index (χ2n) is 5.63. The average molecular weight is 318 g/mol. The molecule has 120 valence electrons. The molecule has 3 rings (SSSR count). The fourth-order valence-corrected chi connectivity index (χ4v) is 2.24. The molecule has 0 saturated carbocycles. The van der Waals surface area contributed by atoms with Gasteiger partial charge in [-0.2, -0.15) is 0 Å². The molecule has 0 atom stereocenters. The van der Waals surface area contributed by atoms with E-state index >= 15 is 0 Å². The Morgan fingerprint density at radius 1 is 1.00 bits per heavy atom. The van der Waals surface area contributed by atoms with Crippen LogP contribution in [-0.2, 0) is 6.54 Å². The number of rotatable bonds is 4. The van der Waals surface area contributed by atoms with Crippen molar-refractivity contribution >= 4 is 5.91 Å². The molecule has 0 saturated heterocycles. The predicted molar refractivity (Wildman–Crippen MR) is 92.3 cm³/mol. The zero-order valence-electron chi connectivity index (χ0n) is 13.7. The minimum absolute atomic E-state index is 0.147. The van der Waals surface area contributed by atoms with Crippen LogP contribution in [0.1, 0.15) is 27.3 Å². The van der Waals surface area contributed by atoms with Crippen LogP contribution in [0.5, 0.6) is 0 Å². The number of aryl methyl sites for hydroxylation is 2. The lowest BCUT2D eigenvalue weighted by Gasteiger charge is -2.07. The van der Waals surface area contributed by atoms with Crippen LogP contribution in [0.2, 0.25) is 0 Å². The first kappa shape index (κ1) is 15.8. The molecule has 5 nitrogen and oxygen atoms in total. The predicted octanol–water partition coefficient (Wildman–Crippen LogP) is 3.09. The lowest BCUT2D eigenvalue weighted by atomic mass is 10.1. The molecule has 0 bridgehead atoms. The molecule has 0 aliphatic heterocycles. The second kappa shape index (κ2) is 7.00. The third kappa shape index (κ3) is 3.81. The van der Waals surface area contributed by atoms with Crippen molar-refractivity contribution in [1.29, 1.82) is 0 Å². The third-order valence-corrected chi connectivity index (χ3v) is 3.60. The third-order valence-electron chi connectivity index (χ3n) is 3.60. The molecule has 24 heavy (non-hydrogen) atoms. The maximum absolute atomic E-state index is 12.3. The Kier molecular flexibility index (Phi) is 4.61. The number of hydrogen-bond acceptors (Lipinski definition) is 4. The quantitative estimate of drug-likeness (QED) is 0.802. The molecule has 0 unspecified atom stereocenters. The zero-order valence-corrected chi connectivity index (χ0v) is 13.7. The number of aromatic nitrogens is 3. The first-order chi connectivity index (χ1) is 11.6. The smallest absolute Gasteiger partial charge is 0.251 e. The van der Waals surface area contributed by atoms with E-state index in [1.807, 2.05) is 50.4 Å². The Morgan fingerprint density at radius 2 is 1.88 bits per heavy atom. The van der Waals surface area contributed by atoms with Gasteiger partial charge in [-0.3, -0.25) is 19.7 Å². The molecule has 2 aromatic heterocycles. The van der Waals surface area contributed by atoms with E-state index < -0.39 is 0 Å². The van der Waals surface area contributed by atoms with Crippen molar-refractivity contribution < 1.29 is 4.79 Å². The van der Waals surface area contributed by atoms with Gasteiger partial charge >= 0.3 is 0 Å². The lowest BCUT2D eigenvalue weighted by molar-refractivity contribution is 0.0950. The zero-order chi connectivity index (χ0) is 16.9. The molecule has 2 heterocycles. The molecule has 1 N–H and O–H groups in total. The fraction of sp³-hybridized carbons (Fsp3) is 0.158. The molecule has 0 aliphatic carbocycles.